The summed E-state index contributed by atoms with van der Waals surface area (Å²) >= 11 is 0. The summed E-state index contributed by atoms with van der Waals surface area (Å²) in [4.78, 5) is 12.8. The molecular weight excluding hydrogens is 343 g/mol. The van der Waals surface area contributed by atoms with Gasteiger partial charge in [0.05, 0.1) is 17.8 Å². The van der Waals surface area contributed by atoms with Crippen molar-refractivity contribution in [3.05, 3.63) is 71.8 Å². The molecule has 0 bridgehead atoms. The molecule has 3 rings (SSSR count). The predicted octanol–water partition coefficient (Wildman–Crippen LogP) is 4.55. The summed E-state index contributed by atoms with van der Waals surface area (Å²) < 4.78 is 37.9. The van der Waals surface area contributed by atoms with Crippen LogP contribution in [-0.4, -0.2) is 15.0 Å². The van der Waals surface area contributed by atoms with Gasteiger partial charge in [-0.25, -0.2) is 9.97 Å². The third-order valence-corrected chi connectivity index (χ3v) is 3.50. The van der Waals surface area contributed by atoms with Crippen LogP contribution in [0.2, 0.25) is 0 Å². The molecule has 3 aromatic rings. The van der Waals surface area contributed by atoms with Crippen LogP contribution in [0.25, 0.3) is 0 Å². The van der Waals surface area contributed by atoms with Crippen molar-refractivity contribution in [2.24, 2.45) is 0 Å². The van der Waals surface area contributed by atoms with Crippen molar-refractivity contribution in [2.75, 3.05) is 10.6 Å². The van der Waals surface area contributed by atoms with Crippen LogP contribution in [0.4, 0.5) is 30.5 Å². The van der Waals surface area contributed by atoms with Crippen LogP contribution >= 0.6 is 0 Å². The van der Waals surface area contributed by atoms with E-state index in [0.717, 1.165) is 17.8 Å². The lowest BCUT2D eigenvalue weighted by atomic mass is 10.2. The largest absolute Gasteiger partial charge is 0.416 e. The van der Waals surface area contributed by atoms with E-state index in [4.69, 9.17) is 0 Å². The SMILES string of the molecule is Cc1nc(NCc2ccccn2)cc(Nc2ccc(C(F)(F)F)cc2)n1. The number of aromatic nitrogens is 3. The molecule has 26 heavy (non-hydrogen) atoms. The minimum Gasteiger partial charge on any atom is -0.364 e. The summed E-state index contributed by atoms with van der Waals surface area (Å²) in [6.45, 7) is 2.24. The molecule has 0 saturated carbocycles. The van der Waals surface area contributed by atoms with Crippen LogP contribution in [0.5, 0.6) is 0 Å². The molecule has 0 aliphatic heterocycles. The summed E-state index contributed by atoms with van der Waals surface area (Å²) in [5.41, 5.74) is 0.674. The lowest BCUT2D eigenvalue weighted by Crippen LogP contribution is -2.06. The second-order valence-electron chi connectivity index (χ2n) is 5.56. The molecular formula is C18H16F3N5. The zero-order valence-corrected chi connectivity index (χ0v) is 13.9. The van der Waals surface area contributed by atoms with Gasteiger partial charge in [-0.1, -0.05) is 6.07 Å². The van der Waals surface area contributed by atoms with E-state index >= 15 is 0 Å². The van der Waals surface area contributed by atoms with Gasteiger partial charge in [0.25, 0.3) is 0 Å². The molecule has 0 spiro atoms. The zero-order chi connectivity index (χ0) is 18.6. The van der Waals surface area contributed by atoms with E-state index in [2.05, 4.69) is 25.6 Å². The van der Waals surface area contributed by atoms with E-state index in [9.17, 15) is 13.2 Å². The third kappa shape index (κ3) is 4.69. The lowest BCUT2D eigenvalue weighted by Gasteiger charge is -2.11. The summed E-state index contributed by atoms with van der Waals surface area (Å²) in [7, 11) is 0. The molecule has 2 heterocycles. The van der Waals surface area contributed by atoms with Gasteiger partial charge >= 0.3 is 6.18 Å². The summed E-state index contributed by atoms with van der Waals surface area (Å²) in [6.07, 6.45) is -2.65. The fraction of sp³-hybridized carbons (Fsp3) is 0.167. The Kier molecular flexibility index (Phi) is 5.01. The highest BCUT2D eigenvalue weighted by Gasteiger charge is 2.29. The van der Waals surface area contributed by atoms with Crippen molar-refractivity contribution in [1.82, 2.24) is 15.0 Å². The number of aryl methyl sites for hydroxylation is 1. The van der Waals surface area contributed by atoms with Gasteiger partial charge < -0.3 is 10.6 Å². The summed E-state index contributed by atoms with van der Waals surface area (Å²) in [5.74, 6) is 1.61. The van der Waals surface area contributed by atoms with Gasteiger partial charge in [0.2, 0.25) is 0 Å². The Morgan fingerprint density at radius 3 is 2.35 bits per heavy atom. The standard InChI is InChI=1S/C18H16F3N5/c1-12-24-16(23-11-15-4-2-3-9-22-15)10-17(25-12)26-14-7-5-13(6-8-14)18(19,20)21/h2-10H,11H2,1H3,(H2,23,24,25,26). The maximum absolute atomic E-state index is 12.6. The van der Waals surface area contributed by atoms with E-state index in [0.29, 0.717) is 29.7 Å². The van der Waals surface area contributed by atoms with Crippen LogP contribution in [0, 0.1) is 6.92 Å². The molecule has 134 valence electrons. The fourth-order valence-electron chi connectivity index (χ4n) is 2.30. The van der Waals surface area contributed by atoms with Gasteiger partial charge in [-0.3, -0.25) is 4.98 Å². The normalized spacial score (nSPS) is 11.2. The molecule has 2 N–H and O–H groups in total. The number of rotatable bonds is 5. The van der Waals surface area contributed by atoms with Crippen molar-refractivity contribution >= 4 is 17.3 Å². The molecule has 0 saturated heterocycles. The predicted molar refractivity (Wildman–Crippen MR) is 93.1 cm³/mol. The highest BCUT2D eigenvalue weighted by molar-refractivity contribution is 5.59. The minimum absolute atomic E-state index is 0.487. The summed E-state index contributed by atoms with van der Waals surface area (Å²) in [5, 5.41) is 6.14. The average Bonchev–Trinajstić information content (AvgIpc) is 2.60. The number of hydrogen-bond acceptors (Lipinski definition) is 5. The van der Waals surface area contributed by atoms with Crippen molar-refractivity contribution < 1.29 is 13.2 Å². The van der Waals surface area contributed by atoms with E-state index in [-0.39, 0.29) is 0 Å². The van der Waals surface area contributed by atoms with Gasteiger partial charge in [0.15, 0.2) is 0 Å². The molecule has 1 aromatic carbocycles. The molecule has 0 amide bonds. The maximum atomic E-state index is 12.6. The Balaban J connectivity index is 1.71. The topological polar surface area (TPSA) is 62.7 Å². The first kappa shape index (κ1) is 17.7. The molecule has 8 heteroatoms. The van der Waals surface area contributed by atoms with Crippen LogP contribution < -0.4 is 10.6 Å². The first-order valence-corrected chi connectivity index (χ1v) is 7.84. The molecule has 0 aliphatic rings. The Labute approximate surface area is 148 Å². The number of nitrogens with zero attached hydrogens (tertiary/aromatic N) is 3. The number of pyridine rings is 1. The average molecular weight is 359 g/mol. The van der Waals surface area contributed by atoms with E-state index in [1.54, 1.807) is 19.2 Å². The number of alkyl halides is 3. The van der Waals surface area contributed by atoms with Crippen LogP contribution in [0.1, 0.15) is 17.1 Å². The number of halogens is 3. The zero-order valence-electron chi connectivity index (χ0n) is 13.9. The van der Waals surface area contributed by atoms with Crippen molar-refractivity contribution in [2.45, 2.75) is 19.6 Å². The van der Waals surface area contributed by atoms with E-state index in [1.165, 1.54) is 12.1 Å². The third-order valence-electron chi connectivity index (χ3n) is 3.50. The molecule has 0 atom stereocenters. The first-order chi connectivity index (χ1) is 12.4. The first-order valence-electron chi connectivity index (χ1n) is 7.84. The number of anilines is 3. The monoisotopic (exact) mass is 359 g/mol. The maximum Gasteiger partial charge on any atom is 0.416 e. The van der Waals surface area contributed by atoms with Crippen molar-refractivity contribution in [3.63, 3.8) is 0 Å². The number of nitrogens with one attached hydrogen (secondary N) is 2. The van der Waals surface area contributed by atoms with Crippen molar-refractivity contribution in [3.8, 4) is 0 Å². The Morgan fingerprint density at radius 1 is 0.962 bits per heavy atom. The number of hydrogen-bond donors (Lipinski definition) is 2. The molecule has 0 aliphatic carbocycles. The van der Waals surface area contributed by atoms with Crippen molar-refractivity contribution in [1.29, 1.82) is 0 Å². The molecule has 2 aromatic heterocycles. The lowest BCUT2D eigenvalue weighted by molar-refractivity contribution is -0.137. The van der Waals surface area contributed by atoms with Crippen LogP contribution in [-0.2, 0) is 12.7 Å². The molecule has 0 radical (unpaired) electrons. The molecule has 0 unspecified atom stereocenters. The molecule has 0 fully saturated rings. The van der Waals surface area contributed by atoms with E-state index in [1.807, 2.05) is 18.2 Å². The highest BCUT2D eigenvalue weighted by Crippen LogP contribution is 2.30. The Hall–Kier alpha value is -3.16. The number of benzene rings is 1. The Morgan fingerprint density at radius 2 is 1.69 bits per heavy atom. The van der Waals surface area contributed by atoms with Gasteiger partial charge in [-0.05, 0) is 43.3 Å². The quantitative estimate of drug-likeness (QED) is 0.699. The second kappa shape index (κ2) is 7.38. The van der Waals surface area contributed by atoms with Gasteiger partial charge in [-0.15, -0.1) is 0 Å². The smallest absolute Gasteiger partial charge is 0.364 e. The Bertz CT molecular complexity index is 864. The van der Waals surface area contributed by atoms with Gasteiger partial charge in [0.1, 0.15) is 17.5 Å². The van der Waals surface area contributed by atoms with Gasteiger partial charge in [0, 0.05) is 18.0 Å². The molecule has 5 nitrogen and oxygen atoms in total. The summed E-state index contributed by atoms with van der Waals surface area (Å²) in [6, 6.07) is 12.1. The minimum atomic E-state index is -4.35. The van der Waals surface area contributed by atoms with Crippen LogP contribution in [0.3, 0.4) is 0 Å². The van der Waals surface area contributed by atoms with Crippen LogP contribution in [0.15, 0.2) is 54.7 Å². The van der Waals surface area contributed by atoms with E-state index < -0.39 is 11.7 Å². The fourth-order valence-corrected chi connectivity index (χ4v) is 2.30. The highest BCUT2D eigenvalue weighted by atomic mass is 19.4. The van der Waals surface area contributed by atoms with Gasteiger partial charge in [-0.2, -0.15) is 13.2 Å². The second-order valence-corrected chi connectivity index (χ2v) is 5.56.